The summed E-state index contributed by atoms with van der Waals surface area (Å²) in [7, 11) is 1.80. The Balaban J connectivity index is 1.92. The highest BCUT2D eigenvalue weighted by molar-refractivity contribution is 9.10. The van der Waals surface area contributed by atoms with Gasteiger partial charge in [-0.2, -0.15) is 4.98 Å². The van der Waals surface area contributed by atoms with Crippen LogP contribution in [0.3, 0.4) is 0 Å². The smallest absolute Gasteiger partial charge is 0.232 e. The van der Waals surface area contributed by atoms with E-state index in [4.69, 9.17) is 4.74 Å². The summed E-state index contributed by atoms with van der Waals surface area (Å²) in [6.07, 6.45) is 8.32. The van der Waals surface area contributed by atoms with Crippen LogP contribution < -0.4 is 10.1 Å². The molecule has 0 unspecified atom stereocenters. The number of hydrogen-bond donors (Lipinski definition) is 1. The molecule has 94 valence electrons. The van der Waals surface area contributed by atoms with E-state index in [1.807, 2.05) is 0 Å². The molecule has 4 nitrogen and oxygen atoms in total. The zero-order valence-corrected chi connectivity index (χ0v) is 11.7. The van der Waals surface area contributed by atoms with Gasteiger partial charge in [0.25, 0.3) is 0 Å². The Bertz CT molecular complexity index is 367. The summed E-state index contributed by atoms with van der Waals surface area (Å²) in [5, 5.41) is 2.91. The molecule has 1 heterocycles. The minimum Gasteiger partial charge on any atom is -0.476 e. The Morgan fingerprint density at radius 3 is 2.88 bits per heavy atom. The van der Waals surface area contributed by atoms with E-state index >= 15 is 0 Å². The maximum Gasteiger partial charge on any atom is 0.232 e. The molecule has 1 fully saturated rings. The van der Waals surface area contributed by atoms with Crippen molar-refractivity contribution in [2.75, 3.05) is 19.0 Å². The summed E-state index contributed by atoms with van der Waals surface area (Å²) in [5.74, 6) is 1.91. The van der Waals surface area contributed by atoms with Crippen molar-refractivity contribution in [1.82, 2.24) is 9.97 Å². The molecule has 1 saturated carbocycles. The largest absolute Gasteiger partial charge is 0.476 e. The van der Waals surface area contributed by atoms with E-state index in [1.54, 1.807) is 13.2 Å². The van der Waals surface area contributed by atoms with Crippen LogP contribution in [0.2, 0.25) is 0 Å². The molecule has 2 rings (SSSR count). The van der Waals surface area contributed by atoms with Crippen molar-refractivity contribution in [3.05, 3.63) is 10.7 Å². The summed E-state index contributed by atoms with van der Waals surface area (Å²) in [6.45, 7) is 0.763. The Labute approximate surface area is 110 Å². The van der Waals surface area contributed by atoms with Crippen LogP contribution >= 0.6 is 15.9 Å². The molecule has 0 aliphatic heterocycles. The molecule has 1 aliphatic carbocycles. The number of halogens is 1. The molecule has 0 amide bonds. The Hall–Kier alpha value is -0.840. The topological polar surface area (TPSA) is 47.0 Å². The molecule has 17 heavy (non-hydrogen) atoms. The van der Waals surface area contributed by atoms with E-state index < -0.39 is 0 Å². The highest BCUT2D eigenvalue weighted by Gasteiger charge is 2.15. The number of hydrogen-bond acceptors (Lipinski definition) is 4. The molecule has 0 atom stereocenters. The molecular weight excluding hydrogens is 282 g/mol. The zero-order chi connectivity index (χ0) is 12.1. The SMILES string of the molecule is CNc1ncc(Br)c(OCC2CCCCC2)n1. The lowest BCUT2D eigenvalue weighted by Gasteiger charge is -2.21. The van der Waals surface area contributed by atoms with Gasteiger partial charge >= 0.3 is 0 Å². The number of aromatic nitrogens is 2. The van der Waals surface area contributed by atoms with Gasteiger partial charge < -0.3 is 10.1 Å². The third-order valence-corrected chi connectivity index (χ3v) is 3.66. The second-order valence-corrected chi connectivity index (χ2v) is 5.27. The first-order valence-corrected chi connectivity index (χ1v) is 6.92. The summed E-state index contributed by atoms with van der Waals surface area (Å²) in [6, 6.07) is 0. The number of anilines is 1. The van der Waals surface area contributed by atoms with Gasteiger partial charge in [0.2, 0.25) is 11.8 Å². The van der Waals surface area contributed by atoms with Crippen molar-refractivity contribution in [2.45, 2.75) is 32.1 Å². The van der Waals surface area contributed by atoms with Gasteiger partial charge in [-0.25, -0.2) is 4.98 Å². The summed E-state index contributed by atoms with van der Waals surface area (Å²) in [4.78, 5) is 8.39. The van der Waals surface area contributed by atoms with Crippen LogP contribution in [-0.4, -0.2) is 23.6 Å². The second-order valence-electron chi connectivity index (χ2n) is 4.41. The van der Waals surface area contributed by atoms with Crippen molar-refractivity contribution >= 4 is 21.9 Å². The van der Waals surface area contributed by atoms with Gasteiger partial charge in [0.15, 0.2) is 0 Å². The molecular formula is C12H18BrN3O. The molecule has 0 saturated heterocycles. The third-order valence-electron chi connectivity index (χ3n) is 3.12. The lowest BCUT2D eigenvalue weighted by atomic mass is 9.90. The summed E-state index contributed by atoms with van der Waals surface area (Å²) in [5.41, 5.74) is 0. The number of rotatable bonds is 4. The van der Waals surface area contributed by atoms with E-state index in [1.165, 1.54) is 32.1 Å². The Kier molecular flexibility index (Phi) is 4.59. The van der Waals surface area contributed by atoms with E-state index in [0.29, 0.717) is 17.7 Å². The van der Waals surface area contributed by atoms with Gasteiger partial charge in [-0.05, 0) is 34.7 Å². The number of nitrogens with one attached hydrogen (secondary N) is 1. The van der Waals surface area contributed by atoms with Gasteiger partial charge in [0.1, 0.15) is 0 Å². The summed E-state index contributed by atoms with van der Waals surface area (Å²) >= 11 is 3.41. The van der Waals surface area contributed by atoms with E-state index in [-0.39, 0.29) is 0 Å². The maximum absolute atomic E-state index is 5.78. The first kappa shape index (κ1) is 12.6. The number of nitrogens with zero attached hydrogens (tertiary/aromatic N) is 2. The minimum atomic E-state index is 0.590. The van der Waals surface area contributed by atoms with Crippen molar-refractivity contribution in [1.29, 1.82) is 0 Å². The fraction of sp³-hybridized carbons (Fsp3) is 0.667. The standard InChI is InChI=1S/C12H18BrN3O/c1-14-12-15-7-10(13)11(16-12)17-8-9-5-3-2-4-6-9/h7,9H,2-6,8H2,1H3,(H,14,15,16). The zero-order valence-electron chi connectivity index (χ0n) is 10.1. The van der Waals surface area contributed by atoms with Crippen molar-refractivity contribution in [3.8, 4) is 5.88 Å². The van der Waals surface area contributed by atoms with Crippen LogP contribution in [0, 0.1) is 5.92 Å². The number of ether oxygens (including phenoxy) is 1. The van der Waals surface area contributed by atoms with Gasteiger partial charge in [-0.3, -0.25) is 0 Å². The van der Waals surface area contributed by atoms with Crippen LogP contribution in [0.15, 0.2) is 10.7 Å². The van der Waals surface area contributed by atoms with Crippen LogP contribution in [-0.2, 0) is 0 Å². The maximum atomic E-state index is 5.78. The van der Waals surface area contributed by atoms with Gasteiger partial charge in [0.05, 0.1) is 17.3 Å². The molecule has 1 N–H and O–H groups in total. The predicted molar refractivity (Wildman–Crippen MR) is 71.3 cm³/mol. The average molecular weight is 300 g/mol. The molecule has 1 aromatic rings. The molecule has 0 bridgehead atoms. The van der Waals surface area contributed by atoms with E-state index in [0.717, 1.165) is 11.1 Å². The first-order valence-electron chi connectivity index (χ1n) is 6.12. The van der Waals surface area contributed by atoms with Gasteiger partial charge in [-0.1, -0.05) is 19.3 Å². The third kappa shape index (κ3) is 3.56. The highest BCUT2D eigenvalue weighted by Crippen LogP contribution is 2.27. The normalized spacial score (nSPS) is 16.8. The minimum absolute atomic E-state index is 0.590. The van der Waals surface area contributed by atoms with E-state index in [2.05, 4.69) is 31.2 Å². The molecule has 5 heteroatoms. The second kappa shape index (κ2) is 6.19. The Morgan fingerprint density at radius 2 is 2.18 bits per heavy atom. The van der Waals surface area contributed by atoms with Crippen molar-refractivity contribution < 1.29 is 4.74 Å². The monoisotopic (exact) mass is 299 g/mol. The fourth-order valence-electron chi connectivity index (χ4n) is 2.12. The van der Waals surface area contributed by atoms with Crippen molar-refractivity contribution in [3.63, 3.8) is 0 Å². The Morgan fingerprint density at radius 1 is 1.41 bits per heavy atom. The first-order chi connectivity index (χ1) is 8.29. The highest BCUT2D eigenvalue weighted by atomic mass is 79.9. The fourth-order valence-corrected chi connectivity index (χ4v) is 2.43. The van der Waals surface area contributed by atoms with Crippen LogP contribution in [0.4, 0.5) is 5.95 Å². The molecule has 1 aliphatic rings. The van der Waals surface area contributed by atoms with Gasteiger partial charge in [-0.15, -0.1) is 0 Å². The quantitative estimate of drug-likeness (QED) is 0.927. The lowest BCUT2D eigenvalue weighted by Crippen LogP contribution is -2.16. The van der Waals surface area contributed by atoms with E-state index in [9.17, 15) is 0 Å². The molecule has 0 spiro atoms. The van der Waals surface area contributed by atoms with Crippen LogP contribution in [0.1, 0.15) is 32.1 Å². The summed E-state index contributed by atoms with van der Waals surface area (Å²) < 4.78 is 6.59. The molecule has 0 radical (unpaired) electrons. The van der Waals surface area contributed by atoms with Gasteiger partial charge in [0, 0.05) is 7.05 Å². The molecule has 0 aromatic carbocycles. The molecule has 1 aromatic heterocycles. The van der Waals surface area contributed by atoms with Crippen LogP contribution in [0.5, 0.6) is 5.88 Å². The van der Waals surface area contributed by atoms with Crippen molar-refractivity contribution in [2.24, 2.45) is 5.92 Å². The van der Waals surface area contributed by atoms with Crippen LogP contribution in [0.25, 0.3) is 0 Å². The lowest BCUT2D eigenvalue weighted by molar-refractivity contribution is 0.202. The predicted octanol–water partition coefficient (Wildman–Crippen LogP) is 3.24. The average Bonchev–Trinajstić information content (AvgIpc) is 2.39.